The molecule has 8 N–H and O–H groups in total. The van der Waals surface area contributed by atoms with E-state index in [1.807, 2.05) is 0 Å². The minimum absolute atomic E-state index is 0.330. The van der Waals surface area contributed by atoms with Gasteiger partial charge in [0, 0.05) is 12.1 Å². The molecule has 0 atom stereocenters. The van der Waals surface area contributed by atoms with Crippen LogP contribution in [0.1, 0.15) is 11.1 Å². The van der Waals surface area contributed by atoms with Gasteiger partial charge in [0.15, 0.2) is 0 Å². The van der Waals surface area contributed by atoms with E-state index in [9.17, 15) is 88.0 Å². The average molecular weight is 1000 g/mol. The summed E-state index contributed by atoms with van der Waals surface area (Å²) in [5.74, 6) is -1.70. The van der Waals surface area contributed by atoms with Crippen LogP contribution < -0.4 is 0 Å². The molecular weight excluding hydrogens is 977 g/mol. The number of aromatic hydroxyl groups is 2. The van der Waals surface area contributed by atoms with Gasteiger partial charge in [-0.3, -0.25) is 27.3 Å². The molecular formula is C34H24N4O20S6. The molecule has 0 amide bonds. The molecule has 0 unspecified atom stereocenters. The maximum Gasteiger partial charge on any atom is 0.295 e. The highest BCUT2D eigenvalue weighted by atomic mass is 32.2. The fraction of sp³-hybridized carbons (Fsp3) is 0. The fourth-order valence-corrected chi connectivity index (χ4v) is 9.44. The normalized spacial score (nSPS) is 13.5. The van der Waals surface area contributed by atoms with Gasteiger partial charge in [-0.25, -0.2) is 0 Å². The first-order valence-corrected chi connectivity index (χ1v) is 25.2. The molecule has 6 rings (SSSR count). The van der Waals surface area contributed by atoms with Crippen LogP contribution in [0, 0.1) is 0 Å². The van der Waals surface area contributed by atoms with Crippen molar-refractivity contribution in [1.82, 2.24) is 0 Å². The lowest BCUT2D eigenvalue weighted by atomic mass is 10.1. The van der Waals surface area contributed by atoms with E-state index in [1.54, 1.807) is 0 Å². The monoisotopic (exact) mass is 1000 g/mol. The highest BCUT2D eigenvalue weighted by Gasteiger charge is 2.23. The highest BCUT2D eigenvalue weighted by molar-refractivity contribution is 7.87. The van der Waals surface area contributed by atoms with Crippen LogP contribution in [0.3, 0.4) is 0 Å². The minimum atomic E-state index is -5.14. The van der Waals surface area contributed by atoms with Gasteiger partial charge in [-0.2, -0.15) is 60.7 Å². The fourth-order valence-electron chi connectivity index (χ4n) is 5.88. The number of hydrogen-bond acceptors (Lipinski definition) is 18. The first-order valence-electron chi connectivity index (χ1n) is 16.6. The standard InChI is InChI=1S/C34H24N4O20S6/c39-29-15-25(61(47,48)49)9-19-7-23(59(41,42)43)13-27(33(19)29)37-35-21-5-3-17(31(11-21)63(53,54)55)1-2-18-4-6-22(12-32(18)64(56,57)58)36-38-28-14-24(60(44,45)46)8-20-10-26(62(50,51)52)16-30(40)34(20)28/h1-16,39-40H,(H,41,42,43)(H,44,45,46)(H,47,48,49)(H,50,51,52)(H,53,54,55)(H,56,57,58)/b2-1+,37-35?,38-36?. The lowest BCUT2D eigenvalue weighted by Gasteiger charge is -2.09. The second-order valence-electron chi connectivity index (χ2n) is 13.0. The van der Waals surface area contributed by atoms with Gasteiger partial charge >= 0.3 is 0 Å². The zero-order valence-corrected chi connectivity index (χ0v) is 35.9. The van der Waals surface area contributed by atoms with E-state index < -0.39 is 113 Å². The third-order valence-electron chi connectivity index (χ3n) is 8.64. The Morgan fingerprint density at radius 1 is 0.359 bits per heavy atom. The van der Waals surface area contributed by atoms with Crippen molar-refractivity contribution in [3.63, 3.8) is 0 Å². The summed E-state index contributed by atoms with van der Waals surface area (Å²) in [7, 11) is -30.2. The zero-order valence-electron chi connectivity index (χ0n) is 31.0. The third kappa shape index (κ3) is 10.4. The van der Waals surface area contributed by atoms with E-state index in [0.29, 0.717) is 24.3 Å². The number of hydrogen-bond donors (Lipinski definition) is 8. The summed E-state index contributed by atoms with van der Waals surface area (Å²) in [5.41, 5.74) is -2.42. The van der Waals surface area contributed by atoms with E-state index >= 15 is 0 Å². The van der Waals surface area contributed by atoms with Crippen molar-refractivity contribution >= 4 is 117 Å². The maximum absolute atomic E-state index is 12.5. The molecule has 0 radical (unpaired) electrons. The van der Waals surface area contributed by atoms with Crippen LogP contribution in [-0.4, -0.2) is 88.0 Å². The lowest BCUT2D eigenvalue weighted by molar-refractivity contribution is 0.470. The van der Waals surface area contributed by atoms with Crippen molar-refractivity contribution in [3.8, 4) is 11.5 Å². The molecule has 0 aliphatic heterocycles. The summed E-state index contributed by atoms with van der Waals surface area (Å²) in [6.07, 6.45) is 1.94. The molecule has 0 aliphatic rings. The van der Waals surface area contributed by atoms with E-state index in [-0.39, 0.29) is 44.0 Å². The first kappa shape index (κ1) is 47.3. The third-order valence-corrected chi connectivity index (χ3v) is 13.8. The van der Waals surface area contributed by atoms with Gasteiger partial charge in [0.2, 0.25) is 0 Å². The van der Waals surface area contributed by atoms with Crippen LogP contribution in [-0.2, 0) is 60.7 Å². The van der Waals surface area contributed by atoms with Gasteiger partial charge < -0.3 is 10.2 Å². The molecule has 0 aliphatic carbocycles. The lowest BCUT2D eigenvalue weighted by Crippen LogP contribution is -2.01. The number of benzene rings is 6. The van der Waals surface area contributed by atoms with Gasteiger partial charge in [0.25, 0.3) is 60.7 Å². The zero-order chi connectivity index (χ0) is 47.5. The van der Waals surface area contributed by atoms with E-state index in [2.05, 4.69) is 20.5 Å². The summed E-state index contributed by atoms with van der Waals surface area (Å²) in [6.45, 7) is 0. The van der Waals surface area contributed by atoms with Crippen molar-refractivity contribution in [1.29, 1.82) is 0 Å². The Labute approximate surface area is 360 Å². The quantitative estimate of drug-likeness (QED) is 0.0402. The minimum Gasteiger partial charge on any atom is -0.507 e. The van der Waals surface area contributed by atoms with E-state index in [4.69, 9.17) is 0 Å². The second kappa shape index (κ2) is 16.4. The van der Waals surface area contributed by atoms with Gasteiger partial charge in [-0.05, 0) is 82.6 Å². The SMILES string of the molecule is O=S(=O)(O)c1cc(O)c2c(N=Nc3ccc(/C=C/c4ccc(N=Nc5cc(S(=O)(=O)O)cc6cc(S(=O)(=O)O)cc(O)c56)cc4S(=O)(=O)O)c(S(=O)(=O)O)c3)cc(S(=O)(=O)O)cc2c1. The topological polar surface area (TPSA) is 416 Å². The summed E-state index contributed by atoms with van der Waals surface area (Å²) < 4.78 is 203. The van der Waals surface area contributed by atoms with E-state index in [0.717, 1.165) is 72.8 Å². The van der Waals surface area contributed by atoms with Crippen molar-refractivity contribution in [2.45, 2.75) is 29.4 Å². The number of fused-ring (bicyclic) bond motifs is 2. The second-order valence-corrected chi connectivity index (χ2v) is 21.5. The molecule has 0 saturated carbocycles. The Morgan fingerprint density at radius 3 is 0.938 bits per heavy atom. The van der Waals surface area contributed by atoms with Crippen molar-refractivity contribution < 1.29 is 88.0 Å². The van der Waals surface area contributed by atoms with Gasteiger partial charge in [0.1, 0.15) is 21.3 Å². The van der Waals surface area contributed by atoms with E-state index in [1.165, 1.54) is 0 Å². The Balaban J connectivity index is 1.39. The van der Waals surface area contributed by atoms with Gasteiger partial charge in [-0.15, -0.1) is 10.2 Å². The molecule has 336 valence electrons. The molecule has 0 bridgehead atoms. The van der Waals surface area contributed by atoms with Crippen LogP contribution >= 0.6 is 0 Å². The van der Waals surface area contributed by atoms with Gasteiger partial charge in [-0.1, -0.05) is 24.3 Å². The number of phenolic OH excluding ortho intramolecular Hbond substituents is 2. The molecule has 0 spiro atoms. The van der Waals surface area contributed by atoms with Crippen molar-refractivity contribution in [2.75, 3.05) is 0 Å². The molecule has 6 aromatic carbocycles. The highest BCUT2D eigenvalue weighted by Crippen LogP contribution is 2.41. The number of azo groups is 2. The molecule has 0 fully saturated rings. The Morgan fingerprint density at radius 2 is 0.656 bits per heavy atom. The Bertz CT molecular complexity index is 3540. The predicted molar refractivity (Wildman–Crippen MR) is 220 cm³/mol. The molecule has 0 saturated heterocycles. The number of nitrogens with zero attached hydrogens (tertiary/aromatic N) is 4. The smallest absolute Gasteiger partial charge is 0.295 e. The molecule has 64 heavy (non-hydrogen) atoms. The van der Waals surface area contributed by atoms with Crippen LogP contribution in [0.4, 0.5) is 22.7 Å². The Kier molecular flexibility index (Phi) is 12.2. The molecule has 0 aromatic heterocycles. The van der Waals surface area contributed by atoms with Crippen molar-refractivity contribution in [2.24, 2.45) is 20.5 Å². The van der Waals surface area contributed by atoms with Crippen LogP contribution in [0.25, 0.3) is 33.7 Å². The summed E-state index contributed by atoms with van der Waals surface area (Å²) in [6, 6.07) is 11.4. The molecule has 0 heterocycles. The maximum atomic E-state index is 12.5. The largest absolute Gasteiger partial charge is 0.507 e. The van der Waals surface area contributed by atoms with Crippen molar-refractivity contribution in [3.05, 3.63) is 96.1 Å². The predicted octanol–water partition coefficient (Wildman–Crippen LogP) is 5.89. The molecule has 30 heteroatoms. The van der Waals surface area contributed by atoms with Crippen LogP contribution in [0.2, 0.25) is 0 Å². The summed E-state index contributed by atoms with van der Waals surface area (Å²) in [4.78, 5) is -5.19. The van der Waals surface area contributed by atoms with Gasteiger partial charge in [0.05, 0.1) is 53.1 Å². The number of rotatable bonds is 12. The molecule has 6 aromatic rings. The first-order chi connectivity index (χ1) is 29.3. The Hall–Kier alpha value is -6.16. The average Bonchev–Trinajstić information content (AvgIpc) is 3.15. The van der Waals surface area contributed by atoms with Crippen LogP contribution in [0.5, 0.6) is 11.5 Å². The number of phenols is 2. The van der Waals surface area contributed by atoms with Crippen LogP contribution in [0.15, 0.2) is 135 Å². The summed E-state index contributed by atoms with van der Waals surface area (Å²) in [5, 5.41) is 34.9. The summed E-state index contributed by atoms with van der Waals surface area (Å²) >= 11 is 0. The molecule has 24 nitrogen and oxygen atoms in total.